The van der Waals surface area contributed by atoms with E-state index in [9.17, 15) is 19.5 Å². The molecule has 2 aromatic carbocycles. The van der Waals surface area contributed by atoms with E-state index in [1.54, 1.807) is 22.7 Å². The monoisotopic (exact) mass is 803 g/mol. The van der Waals surface area contributed by atoms with Crippen molar-refractivity contribution >= 4 is 51.2 Å². The minimum absolute atomic E-state index is 0.0113. The molecule has 0 saturated carbocycles. The number of β-amino-alcohol motifs (C(OH)–C–C–N with tert-alkyl or cyclic N) is 1. The van der Waals surface area contributed by atoms with Gasteiger partial charge in [0.1, 0.15) is 17.8 Å². The predicted octanol–water partition coefficient (Wildman–Crippen LogP) is 5.58. The number of unbranched alkanes of at least 4 members (excludes halogenated alkanes) is 1. The Morgan fingerprint density at radius 1 is 1.05 bits per heavy atom. The van der Waals surface area contributed by atoms with Crippen molar-refractivity contribution in [3.8, 4) is 27.4 Å². The first kappa shape index (κ1) is 41.1. The van der Waals surface area contributed by atoms with E-state index in [0.717, 1.165) is 51.2 Å². The molecule has 300 valence electrons. The van der Waals surface area contributed by atoms with Crippen LogP contribution in [-0.2, 0) is 19.1 Å². The van der Waals surface area contributed by atoms with Gasteiger partial charge in [0.05, 0.1) is 59.4 Å². The fraction of sp³-hybridized carbons (Fsp3) is 0.488. The fourth-order valence-corrected chi connectivity index (χ4v) is 8.65. The molecule has 4 heterocycles. The van der Waals surface area contributed by atoms with Gasteiger partial charge in [-0.1, -0.05) is 45.0 Å². The Hall–Kier alpha value is -4.57. The number of aliphatic hydroxyl groups is 1. The second-order valence-electron chi connectivity index (χ2n) is 15.6. The Morgan fingerprint density at radius 2 is 1.79 bits per heavy atom. The number of thiazole rings is 2. The average molecular weight is 804 g/mol. The maximum Gasteiger partial charge on any atom is 0.246 e. The average Bonchev–Trinajstić information content (AvgIpc) is 3.94. The number of aliphatic hydroxyl groups excluding tert-OH is 1. The summed E-state index contributed by atoms with van der Waals surface area (Å²) >= 11 is 3.19. The van der Waals surface area contributed by atoms with Crippen LogP contribution < -0.4 is 26.0 Å². The zero-order chi connectivity index (χ0) is 40.0. The van der Waals surface area contributed by atoms with Crippen LogP contribution in [0.3, 0.4) is 0 Å². The number of nitrogens with one attached hydrogen (secondary N) is 2. The Labute approximate surface area is 336 Å². The number of likely N-dealkylation sites (tertiary alicyclic amines) is 1. The minimum atomic E-state index is -0.895. The molecule has 5 N–H and O–H groups in total. The number of aromatic nitrogens is 2. The van der Waals surface area contributed by atoms with Gasteiger partial charge in [-0.2, -0.15) is 0 Å². The molecule has 4 unspecified atom stereocenters. The van der Waals surface area contributed by atoms with Gasteiger partial charge in [0.2, 0.25) is 17.7 Å². The van der Waals surface area contributed by atoms with Crippen LogP contribution in [-0.4, -0.2) is 95.3 Å². The van der Waals surface area contributed by atoms with E-state index >= 15 is 0 Å². The van der Waals surface area contributed by atoms with Gasteiger partial charge in [0, 0.05) is 43.4 Å². The summed E-state index contributed by atoms with van der Waals surface area (Å²) in [6, 6.07) is 11.5. The highest BCUT2D eigenvalue weighted by molar-refractivity contribution is 7.14. The van der Waals surface area contributed by atoms with Crippen molar-refractivity contribution in [1.29, 1.82) is 0 Å². The van der Waals surface area contributed by atoms with Crippen molar-refractivity contribution < 1.29 is 29.0 Å². The van der Waals surface area contributed by atoms with Crippen LogP contribution in [0.1, 0.15) is 70.7 Å². The first-order chi connectivity index (χ1) is 26.8. The molecule has 4 aromatic rings. The number of nitrogens with two attached hydrogens (primary N) is 1. The minimum Gasteiger partial charge on any atom is -0.491 e. The fourth-order valence-electron chi connectivity index (χ4n) is 6.95. The lowest BCUT2D eigenvalue weighted by molar-refractivity contribution is -0.144. The van der Waals surface area contributed by atoms with Crippen LogP contribution >= 0.6 is 22.7 Å². The molecule has 3 amide bonds. The normalized spacial score (nSPS) is 18.4. The lowest BCUT2D eigenvalue weighted by Gasteiger charge is -2.35. The number of amides is 3. The zero-order valence-corrected chi connectivity index (χ0v) is 34.4. The molecule has 2 aliphatic rings. The maximum atomic E-state index is 14.0. The zero-order valence-electron chi connectivity index (χ0n) is 32.7. The van der Waals surface area contributed by atoms with Crippen molar-refractivity contribution in [3.63, 3.8) is 0 Å². The molecule has 2 fully saturated rings. The number of benzene rings is 2. The Balaban J connectivity index is 0.977. The third-order valence-electron chi connectivity index (χ3n) is 10.2. The van der Waals surface area contributed by atoms with E-state index in [-0.39, 0.29) is 37.2 Å². The molecule has 56 heavy (non-hydrogen) atoms. The van der Waals surface area contributed by atoms with Gasteiger partial charge < -0.3 is 40.7 Å². The molecule has 2 aromatic heterocycles. The van der Waals surface area contributed by atoms with Crippen LogP contribution in [0.2, 0.25) is 0 Å². The summed E-state index contributed by atoms with van der Waals surface area (Å²) in [7, 11) is 0. The molecule has 6 rings (SSSR count). The quantitative estimate of drug-likeness (QED) is 0.0932. The number of rotatable bonds is 14. The smallest absolute Gasteiger partial charge is 0.246 e. The first-order valence-corrected chi connectivity index (χ1v) is 20.9. The van der Waals surface area contributed by atoms with Gasteiger partial charge in [-0.3, -0.25) is 14.4 Å². The van der Waals surface area contributed by atoms with Crippen LogP contribution in [0.25, 0.3) is 21.7 Å². The van der Waals surface area contributed by atoms with Crippen molar-refractivity contribution in [1.82, 2.24) is 25.5 Å². The molecular formula is C41H53N7O6S2. The van der Waals surface area contributed by atoms with E-state index in [4.69, 9.17) is 20.2 Å². The number of hydrogen-bond donors (Lipinski definition) is 4. The van der Waals surface area contributed by atoms with Gasteiger partial charge in [-0.05, 0) is 61.4 Å². The molecule has 0 radical (unpaired) electrons. The molecule has 4 atom stereocenters. The number of carbonyl (C=O) groups excluding carboxylic acids is 3. The van der Waals surface area contributed by atoms with Crippen LogP contribution in [0, 0.1) is 12.3 Å². The van der Waals surface area contributed by atoms with E-state index in [2.05, 4.69) is 20.5 Å². The number of aryl methyl sites for hydroxylation is 1. The number of anilines is 2. The van der Waals surface area contributed by atoms with Crippen LogP contribution in [0.15, 0.2) is 53.4 Å². The third kappa shape index (κ3) is 10.0. The summed E-state index contributed by atoms with van der Waals surface area (Å²) in [5, 5.41) is 19.6. The van der Waals surface area contributed by atoms with E-state index in [1.165, 1.54) is 4.90 Å². The van der Waals surface area contributed by atoms with Gasteiger partial charge in [0.25, 0.3) is 0 Å². The van der Waals surface area contributed by atoms with Crippen LogP contribution in [0.4, 0.5) is 10.8 Å². The van der Waals surface area contributed by atoms with Gasteiger partial charge in [0.15, 0.2) is 5.13 Å². The van der Waals surface area contributed by atoms with E-state index in [0.29, 0.717) is 44.1 Å². The molecule has 2 aliphatic heterocycles. The van der Waals surface area contributed by atoms with Crippen LogP contribution in [0.5, 0.6) is 5.75 Å². The van der Waals surface area contributed by atoms with Gasteiger partial charge >= 0.3 is 0 Å². The van der Waals surface area contributed by atoms with E-state index < -0.39 is 29.5 Å². The number of ether oxygens (including phenoxy) is 2. The number of hydrogen-bond acceptors (Lipinski definition) is 12. The van der Waals surface area contributed by atoms with Gasteiger partial charge in [-0.15, -0.1) is 22.7 Å². The number of morpholine rings is 1. The highest BCUT2D eigenvalue weighted by Crippen LogP contribution is 2.33. The lowest BCUT2D eigenvalue weighted by atomic mass is 9.85. The molecule has 0 spiro atoms. The number of nitrogens with zero attached hydrogens (tertiary/aromatic N) is 4. The van der Waals surface area contributed by atoms with Crippen molar-refractivity contribution in [2.45, 2.75) is 84.5 Å². The molecule has 0 aliphatic carbocycles. The van der Waals surface area contributed by atoms with E-state index in [1.807, 2.05) is 88.0 Å². The van der Waals surface area contributed by atoms with Crippen molar-refractivity contribution in [3.05, 3.63) is 64.6 Å². The second kappa shape index (κ2) is 18.1. The molecule has 15 heteroatoms. The lowest BCUT2D eigenvalue weighted by Crippen LogP contribution is -2.57. The first-order valence-electron chi connectivity index (χ1n) is 19.2. The van der Waals surface area contributed by atoms with Crippen molar-refractivity contribution in [2.24, 2.45) is 5.41 Å². The maximum absolute atomic E-state index is 14.0. The molecule has 0 bridgehead atoms. The Bertz CT molecular complexity index is 1970. The molecular weight excluding hydrogens is 751 g/mol. The SMILES string of the molecule is Cc1ncsc1-c1ccc(C(C)NC(=O)C2CC(O)CN2C(=O)C(NC(=O)CCCCOc2ccc(-c3csc(N4CCOCC4)n3)cc2N)C(C)(C)C)cc1. The topological polar surface area (TPSA) is 172 Å². The van der Waals surface area contributed by atoms with Crippen molar-refractivity contribution in [2.75, 3.05) is 50.1 Å². The summed E-state index contributed by atoms with van der Waals surface area (Å²) in [5.74, 6) is -0.439. The Morgan fingerprint density at radius 3 is 2.46 bits per heavy atom. The molecule has 2 saturated heterocycles. The largest absolute Gasteiger partial charge is 0.491 e. The second-order valence-corrected chi connectivity index (χ2v) is 17.2. The highest BCUT2D eigenvalue weighted by Gasteiger charge is 2.44. The third-order valence-corrected chi connectivity index (χ3v) is 12.1. The van der Waals surface area contributed by atoms with Gasteiger partial charge in [-0.25, -0.2) is 9.97 Å². The summed E-state index contributed by atoms with van der Waals surface area (Å²) in [6.07, 6.45) is 0.595. The number of carbonyl (C=O) groups is 3. The predicted molar refractivity (Wildman–Crippen MR) is 221 cm³/mol. The summed E-state index contributed by atoms with van der Waals surface area (Å²) in [6.45, 7) is 12.9. The number of nitrogen functional groups attached to an aromatic ring is 1. The molecule has 13 nitrogen and oxygen atoms in total. The summed E-state index contributed by atoms with van der Waals surface area (Å²) < 4.78 is 11.4. The highest BCUT2D eigenvalue weighted by atomic mass is 32.1. The Kier molecular flexibility index (Phi) is 13.3. The standard InChI is InChI=1S/C41H53N7O6S2/c1-25(27-9-11-28(12-10-27)36-26(2)43-24-56-36)44-38(51)33-21-30(49)22-48(33)39(52)37(41(3,4)5)46-35(50)8-6-7-17-54-34-14-13-29(20-31(34)42)32-23-55-40(45-32)47-15-18-53-19-16-47/h9-14,20,23-25,30,33,37,49H,6-8,15-19,21-22,42H2,1-5H3,(H,44,51)(H,46,50). The summed E-state index contributed by atoms with van der Waals surface area (Å²) in [4.78, 5) is 54.7. The summed E-state index contributed by atoms with van der Waals surface area (Å²) in [5.41, 5.74) is 12.7.